The Morgan fingerprint density at radius 3 is 2.33 bits per heavy atom. The van der Waals surface area contributed by atoms with Crippen molar-refractivity contribution in [2.45, 2.75) is 39.2 Å². The summed E-state index contributed by atoms with van der Waals surface area (Å²) in [6.07, 6.45) is 2.31. The Morgan fingerprint density at radius 1 is 1.12 bits per heavy atom. The lowest BCUT2D eigenvalue weighted by Crippen LogP contribution is -2.37. The topological polar surface area (TPSA) is 91.3 Å². The molecule has 0 bridgehead atoms. The van der Waals surface area contributed by atoms with Crippen molar-refractivity contribution in [3.8, 4) is 0 Å². The molecular formula is C15H33NO7P+. The van der Waals surface area contributed by atoms with Gasteiger partial charge in [-0.05, 0) is 6.42 Å². The predicted molar refractivity (Wildman–Crippen MR) is 90.5 cm³/mol. The molecule has 0 aromatic carbocycles. The Morgan fingerprint density at radius 2 is 1.79 bits per heavy atom. The van der Waals surface area contributed by atoms with Crippen molar-refractivity contribution in [1.29, 1.82) is 0 Å². The molecule has 24 heavy (non-hydrogen) atoms. The van der Waals surface area contributed by atoms with Gasteiger partial charge in [0, 0.05) is 13.5 Å². The maximum atomic E-state index is 11.8. The molecular weight excluding hydrogens is 337 g/mol. The molecule has 9 heteroatoms. The highest BCUT2D eigenvalue weighted by molar-refractivity contribution is 7.47. The van der Waals surface area contributed by atoms with Crippen LogP contribution in [0.1, 0.15) is 33.1 Å². The smallest absolute Gasteiger partial charge is 0.458 e. The van der Waals surface area contributed by atoms with Crippen LogP contribution in [0.3, 0.4) is 0 Å². The average Bonchev–Trinajstić information content (AvgIpc) is 2.42. The summed E-state index contributed by atoms with van der Waals surface area (Å²) in [5, 5.41) is 0. The first-order chi connectivity index (χ1) is 11.1. The van der Waals surface area contributed by atoms with Crippen molar-refractivity contribution >= 4 is 13.8 Å². The fraction of sp³-hybridized carbons (Fsp3) is 0.933. The first-order valence-corrected chi connectivity index (χ1v) is 9.72. The quantitative estimate of drug-likeness (QED) is 0.216. The summed E-state index contributed by atoms with van der Waals surface area (Å²) in [5.74, 6) is -0.500. The molecule has 0 aliphatic rings. The van der Waals surface area contributed by atoms with Gasteiger partial charge in [-0.1, -0.05) is 19.8 Å². The minimum atomic E-state index is -4.18. The molecule has 0 aliphatic heterocycles. The number of rotatable bonds is 14. The molecule has 1 N–H and O–H groups in total. The zero-order chi connectivity index (χ0) is 18.6. The number of hydrogen-bond acceptors (Lipinski definition) is 6. The molecule has 0 rings (SSSR count). The standard InChI is InChI=1S/C15H32NO7P/c1-6-7-8-10-20-12-15(23-14(2)17)13-22-24(18,19)21-11-9-16(3,4)5/h15H,6-13H2,1-5H3/p+1/t15-/m1/s1. The SMILES string of the molecule is CCCCCOC[C@H](COP(=O)(O)OCC[N+](C)(C)C)OC(C)=O. The van der Waals surface area contributed by atoms with Crippen LogP contribution >= 0.6 is 7.82 Å². The number of esters is 1. The number of phosphoric ester groups is 1. The molecule has 1 unspecified atom stereocenters. The summed E-state index contributed by atoms with van der Waals surface area (Å²) in [4.78, 5) is 20.8. The summed E-state index contributed by atoms with van der Waals surface area (Å²) in [6.45, 7) is 4.40. The van der Waals surface area contributed by atoms with Crippen molar-refractivity contribution in [2.75, 3.05) is 54.1 Å². The maximum absolute atomic E-state index is 11.8. The third-order valence-corrected chi connectivity index (χ3v) is 3.95. The van der Waals surface area contributed by atoms with Crippen LogP contribution in [0.15, 0.2) is 0 Å². The number of carbonyl (C=O) groups excluding carboxylic acids is 1. The van der Waals surface area contributed by atoms with E-state index in [0.29, 0.717) is 17.6 Å². The van der Waals surface area contributed by atoms with Crippen LogP contribution in [0.4, 0.5) is 0 Å². The van der Waals surface area contributed by atoms with Gasteiger partial charge in [-0.2, -0.15) is 0 Å². The molecule has 0 saturated carbocycles. The number of unbranched alkanes of at least 4 members (excludes halogenated alkanes) is 2. The second-order valence-electron chi connectivity index (χ2n) is 6.62. The number of likely N-dealkylation sites (N-methyl/N-ethyl adjacent to an activating group) is 1. The fourth-order valence-corrected chi connectivity index (χ4v) is 2.41. The minimum Gasteiger partial charge on any atom is -0.458 e. The van der Waals surface area contributed by atoms with E-state index in [1.54, 1.807) is 0 Å². The monoisotopic (exact) mass is 370 g/mol. The Labute approximate surface area is 145 Å². The fourth-order valence-electron chi connectivity index (χ4n) is 1.66. The lowest BCUT2D eigenvalue weighted by atomic mass is 10.3. The Bertz CT molecular complexity index is 398. The highest BCUT2D eigenvalue weighted by Crippen LogP contribution is 2.43. The first kappa shape index (κ1) is 23.5. The third kappa shape index (κ3) is 15.1. The van der Waals surface area contributed by atoms with Crippen LogP contribution in [0.2, 0.25) is 0 Å². The Kier molecular flexibility index (Phi) is 11.7. The van der Waals surface area contributed by atoms with E-state index in [1.807, 2.05) is 21.1 Å². The molecule has 0 radical (unpaired) electrons. The van der Waals surface area contributed by atoms with E-state index < -0.39 is 19.9 Å². The molecule has 0 spiro atoms. The van der Waals surface area contributed by atoms with Gasteiger partial charge >= 0.3 is 13.8 Å². The molecule has 0 fully saturated rings. The van der Waals surface area contributed by atoms with Gasteiger partial charge in [0.1, 0.15) is 19.3 Å². The van der Waals surface area contributed by atoms with E-state index in [9.17, 15) is 14.3 Å². The first-order valence-electron chi connectivity index (χ1n) is 8.23. The lowest BCUT2D eigenvalue weighted by molar-refractivity contribution is -0.870. The number of ether oxygens (including phenoxy) is 2. The molecule has 0 saturated heterocycles. The van der Waals surface area contributed by atoms with Crippen LogP contribution in [0, 0.1) is 0 Å². The molecule has 0 aromatic heterocycles. The van der Waals surface area contributed by atoms with Crippen LogP contribution in [0.25, 0.3) is 0 Å². The van der Waals surface area contributed by atoms with Crippen LogP contribution < -0.4 is 0 Å². The summed E-state index contributed by atoms with van der Waals surface area (Å²) >= 11 is 0. The van der Waals surface area contributed by atoms with Crippen LogP contribution in [-0.4, -0.2) is 75.6 Å². The number of carbonyl (C=O) groups is 1. The molecule has 0 aromatic rings. The highest BCUT2D eigenvalue weighted by atomic mass is 31.2. The van der Waals surface area contributed by atoms with Crippen molar-refractivity contribution in [2.24, 2.45) is 0 Å². The van der Waals surface area contributed by atoms with Crippen molar-refractivity contribution in [3.63, 3.8) is 0 Å². The summed E-state index contributed by atoms with van der Waals surface area (Å²) < 4.78 is 32.7. The lowest BCUT2D eigenvalue weighted by Gasteiger charge is -2.24. The Hall–Kier alpha value is -0.500. The van der Waals surface area contributed by atoms with Gasteiger partial charge in [-0.15, -0.1) is 0 Å². The minimum absolute atomic E-state index is 0.0863. The van der Waals surface area contributed by atoms with Crippen molar-refractivity contribution in [1.82, 2.24) is 0 Å². The van der Waals surface area contributed by atoms with Gasteiger partial charge in [0.15, 0.2) is 0 Å². The maximum Gasteiger partial charge on any atom is 0.472 e. The van der Waals surface area contributed by atoms with Crippen molar-refractivity contribution in [3.05, 3.63) is 0 Å². The average molecular weight is 370 g/mol. The predicted octanol–water partition coefficient (Wildman–Crippen LogP) is 1.96. The van der Waals surface area contributed by atoms with Gasteiger partial charge < -0.3 is 18.9 Å². The normalized spacial score (nSPS) is 15.8. The summed E-state index contributed by atoms with van der Waals surface area (Å²) in [6, 6.07) is 0. The van der Waals surface area contributed by atoms with Gasteiger partial charge in [0.25, 0.3) is 0 Å². The van der Waals surface area contributed by atoms with E-state index >= 15 is 0 Å². The van der Waals surface area contributed by atoms with E-state index in [4.69, 9.17) is 18.5 Å². The Balaban J connectivity index is 4.21. The summed E-state index contributed by atoms with van der Waals surface area (Å²) in [7, 11) is 1.65. The second-order valence-corrected chi connectivity index (χ2v) is 8.08. The molecule has 8 nitrogen and oxygen atoms in total. The van der Waals surface area contributed by atoms with Gasteiger partial charge in [-0.25, -0.2) is 4.57 Å². The highest BCUT2D eigenvalue weighted by Gasteiger charge is 2.25. The van der Waals surface area contributed by atoms with Crippen molar-refractivity contribution < 1.29 is 37.3 Å². The molecule has 0 heterocycles. The molecule has 0 amide bonds. The van der Waals surface area contributed by atoms with Crippen LogP contribution in [0.5, 0.6) is 0 Å². The van der Waals surface area contributed by atoms with E-state index in [1.165, 1.54) is 6.92 Å². The van der Waals surface area contributed by atoms with Gasteiger partial charge in [-0.3, -0.25) is 13.8 Å². The largest absolute Gasteiger partial charge is 0.472 e. The number of quaternary nitrogens is 1. The van der Waals surface area contributed by atoms with Gasteiger partial charge in [0.05, 0.1) is 34.4 Å². The third-order valence-electron chi connectivity index (χ3n) is 2.97. The van der Waals surface area contributed by atoms with Crippen LogP contribution in [-0.2, 0) is 27.9 Å². The number of nitrogens with zero attached hydrogens (tertiary/aromatic N) is 1. The summed E-state index contributed by atoms with van der Waals surface area (Å²) in [5.41, 5.74) is 0. The van der Waals surface area contributed by atoms with E-state index in [-0.39, 0.29) is 19.8 Å². The zero-order valence-corrected chi connectivity index (χ0v) is 16.4. The number of phosphoric acid groups is 1. The number of hydrogen-bond donors (Lipinski definition) is 1. The zero-order valence-electron chi connectivity index (χ0n) is 15.5. The van der Waals surface area contributed by atoms with Gasteiger partial charge in [0.2, 0.25) is 0 Å². The molecule has 2 atom stereocenters. The molecule has 0 aliphatic carbocycles. The second kappa shape index (κ2) is 12.0. The molecule has 144 valence electrons. The van der Waals surface area contributed by atoms with E-state index in [2.05, 4.69) is 6.92 Å². The van der Waals surface area contributed by atoms with E-state index in [0.717, 1.165) is 19.3 Å².